The highest BCUT2D eigenvalue weighted by Crippen LogP contribution is 2.12. The molecule has 0 saturated carbocycles. The molecule has 0 unspecified atom stereocenters. The number of nitrogens with zero attached hydrogens (tertiary/aromatic N) is 2. The van der Waals surface area contributed by atoms with Crippen molar-refractivity contribution >= 4 is 21.6 Å². The van der Waals surface area contributed by atoms with Crippen LogP contribution < -0.4 is 5.56 Å². The van der Waals surface area contributed by atoms with E-state index < -0.39 is 0 Å². The Balaban J connectivity index is 2.04. The monoisotopic (exact) mass is 332 g/mol. The van der Waals surface area contributed by atoms with Crippen molar-refractivity contribution in [3.05, 3.63) is 80.6 Å². The second-order valence-electron chi connectivity index (χ2n) is 4.49. The molecule has 2 heterocycles. The minimum absolute atomic E-state index is 0.253. The molecular formula is C15H10BrFN2O. The van der Waals surface area contributed by atoms with Crippen molar-refractivity contribution in [1.29, 1.82) is 0 Å². The Bertz CT molecular complexity index is 827. The molecule has 0 amide bonds. The fourth-order valence-electron chi connectivity index (χ4n) is 2.02. The van der Waals surface area contributed by atoms with Crippen LogP contribution in [0.1, 0.15) is 11.1 Å². The highest BCUT2D eigenvalue weighted by molar-refractivity contribution is 9.10. The first-order chi connectivity index (χ1) is 9.61. The summed E-state index contributed by atoms with van der Waals surface area (Å²) in [4.78, 5) is 16.0. The predicted molar refractivity (Wildman–Crippen MR) is 78.4 cm³/mol. The van der Waals surface area contributed by atoms with E-state index in [1.807, 2.05) is 12.3 Å². The van der Waals surface area contributed by atoms with Crippen molar-refractivity contribution in [2.45, 2.75) is 6.42 Å². The summed E-state index contributed by atoms with van der Waals surface area (Å²) >= 11 is 3.38. The van der Waals surface area contributed by atoms with Crippen molar-refractivity contribution in [2.75, 3.05) is 0 Å². The van der Waals surface area contributed by atoms with E-state index in [0.29, 0.717) is 17.6 Å². The third-order valence-corrected chi connectivity index (χ3v) is 3.48. The molecule has 0 atom stereocenters. The number of hydrogen-bond donors (Lipinski definition) is 0. The van der Waals surface area contributed by atoms with Crippen LogP contribution in [0, 0.1) is 5.82 Å². The van der Waals surface area contributed by atoms with E-state index in [4.69, 9.17) is 0 Å². The summed E-state index contributed by atoms with van der Waals surface area (Å²) in [6, 6.07) is 9.72. The zero-order valence-corrected chi connectivity index (χ0v) is 12.0. The van der Waals surface area contributed by atoms with Crippen molar-refractivity contribution in [3.8, 4) is 0 Å². The summed E-state index contributed by atoms with van der Waals surface area (Å²) in [5.41, 5.74) is 1.80. The van der Waals surface area contributed by atoms with E-state index in [2.05, 4.69) is 20.9 Å². The quantitative estimate of drug-likeness (QED) is 0.722. The topological polar surface area (TPSA) is 34.4 Å². The lowest BCUT2D eigenvalue weighted by Gasteiger charge is -2.05. The van der Waals surface area contributed by atoms with Crippen LogP contribution >= 0.6 is 15.9 Å². The van der Waals surface area contributed by atoms with Gasteiger partial charge in [0, 0.05) is 28.9 Å². The standard InChI is InChI=1S/C15H10BrFN2O/c16-12-3-6-14-18-15(20)11(8-19(14)9-12)7-10-1-4-13(17)5-2-10/h1-6,8-9H,7H2. The van der Waals surface area contributed by atoms with E-state index in [1.165, 1.54) is 12.1 Å². The largest absolute Gasteiger partial charge is 0.307 e. The predicted octanol–water partition coefficient (Wildman–Crippen LogP) is 3.19. The van der Waals surface area contributed by atoms with Crippen LogP contribution in [0.3, 0.4) is 0 Å². The van der Waals surface area contributed by atoms with Gasteiger partial charge in [-0.15, -0.1) is 0 Å². The molecule has 0 N–H and O–H groups in total. The van der Waals surface area contributed by atoms with Gasteiger partial charge in [0.15, 0.2) is 0 Å². The number of halogens is 2. The van der Waals surface area contributed by atoms with Gasteiger partial charge in [-0.1, -0.05) is 12.1 Å². The van der Waals surface area contributed by atoms with Crippen molar-refractivity contribution in [3.63, 3.8) is 0 Å². The van der Waals surface area contributed by atoms with Gasteiger partial charge in [0.25, 0.3) is 5.56 Å². The molecule has 0 spiro atoms. The molecule has 20 heavy (non-hydrogen) atoms. The fraction of sp³-hybridized carbons (Fsp3) is 0.0667. The lowest BCUT2D eigenvalue weighted by Crippen LogP contribution is -2.15. The highest BCUT2D eigenvalue weighted by Gasteiger charge is 2.05. The fourth-order valence-corrected chi connectivity index (χ4v) is 2.38. The summed E-state index contributed by atoms with van der Waals surface area (Å²) in [5.74, 6) is -0.286. The third kappa shape index (κ3) is 2.63. The Morgan fingerprint density at radius 3 is 2.60 bits per heavy atom. The molecule has 1 aromatic carbocycles. The summed E-state index contributed by atoms with van der Waals surface area (Å²) in [7, 11) is 0. The average Bonchev–Trinajstić information content (AvgIpc) is 2.42. The molecule has 3 nitrogen and oxygen atoms in total. The van der Waals surface area contributed by atoms with E-state index >= 15 is 0 Å². The van der Waals surface area contributed by atoms with Crippen molar-refractivity contribution < 1.29 is 4.39 Å². The average molecular weight is 333 g/mol. The molecule has 0 saturated heterocycles. The zero-order chi connectivity index (χ0) is 14.1. The first-order valence-electron chi connectivity index (χ1n) is 6.04. The summed E-state index contributed by atoms with van der Waals surface area (Å²) in [6.07, 6.45) is 4.04. The van der Waals surface area contributed by atoms with Gasteiger partial charge in [-0.3, -0.25) is 4.79 Å². The maximum atomic E-state index is 12.9. The van der Waals surface area contributed by atoms with Crippen LogP contribution in [-0.4, -0.2) is 9.38 Å². The van der Waals surface area contributed by atoms with Gasteiger partial charge < -0.3 is 4.40 Å². The van der Waals surface area contributed by atoms with Gasteiger partial charge in [-0.2, -0.15) is 4.98 Å². The molecule has 3 aromatic rings. The molecule has 0 fully saturated rings. The molecule has 100 valence electrons. The smallest absolute Gasteiger partial charge is 0.276 e. The number of fused-ring (bicyclic) bond motifs is 1. The van der Waals surface area contributed by atoms with Crippen molar-refractivity contribution in [1.82, 2.24) is 9.38 Å². The minimum Gasteiger partial charge on any atom is -0.307 e. The Kier molecular flexibility index (Phi) is 3.36. The number of aromatic nitrogens is 2. The second-order valence-corrected chi connectivity index (χ2v) is 5.40. The van der Waals surface area contributed by atoms with Crippen LogP contribution in [-0.2, 0) is 6.42 Å². The number of hydrogen-bond acceptors (Lipinski definition) is 2. The normalized spacial score (nSPS) is 10.9. The Morgan fingerprint density at radius 1 is 1.10 bits per heavy atom. The first-order valence-corrected chi connectivity index (χ1v) is 6.83. The molecule has 3 rings (SSSR count). The zero-order valence-electron chi connectivity index (χ0n) is 10.4. The van der Waals surface area contributed by atoms with Crippen LogP contribution in [0.5, 0.6) is 0 Å². The Morgan fingerprint density at radius 2 is 1.85 bits per heavy atom. The Labute approximate surface area is 122 Å². The molecular weight excluding hydrogens is 323 g/mol. The number of rotatable bonds is 2. The van der Waals surface area contributed by atoms with Crippen molar-refractivity contribution in [2.24, 2.45) is 0 Å². The first kappa shape index (κ1) is 13.0. The van der Waals surface area contributed by atoms with E-state index in [0.717, 1.165) is 10.0 Å². The van der Waals surface area contributed by atoms with E-state index in [9.17, 15) is 9.18 Å². The van der Waals surface area contributed by atoms with Gasteiger partial charge in [0.1, 0.15) is 11.5 Å². The molecule has 0 aliphatic heterocycles. The molecule has 0 aliphatic rings. The summed E-state index contributed by atoms with van der Waals surface area (Å²) in [5, 5.41) is 0. The van der Waals surface area contributed by atoms with E-state index in [1.54, 1.807) is 28.8 Å². The number of benzene rings is 1. The van der Waals surface area contributed by atoms with Gasteiger partial charge in [0.2, 0.25) is 0 Å². The summed E-state index contributed by atoms with van der Waals surface area (Å²) in [6.45, 7) is 0. The molecule has 2 aromatic heterocycles. The van der Waals surface area contributed by atoms with Crippen LogP contribution in [0.25, 0.3) is 5.65 Å². The van der Waals surface area contributed by atoms with E-state index in [-0.39, 0.29) is 11.4 Å². The molecule has 0 aliphatic carbocycles. The summed E-state index contributed by atoms with van der Waals surface area (Å²) < 4.78 is 15.6. The molecule has 0 bridgehead atoms. The number of pyridine rings is 1. The third-order valence-electron chi connectivity index (χ3n) is 3.01. The van der Waals surface area contributed by atoms with Gasteiger partial charge in [0.05, 0.1) is 0 Å². The second kappa shape index (κ2) is 5.17. The maximum absolute atomic E-state index is 12.9. The van der Waals surface area contributed by atoms with Crippen LogP contribution in [0.15, 0.2) is 58.1 Å². The molecule has 0 radical (unpaired) electrons. The lowest BCUT2D eigenvalue weighted by molar-refractivity contribution is 0.627. The molecule has 5 heteroatoms. The van der Waals surface area contributed by atoms with Crippen LogP contribution in [0.2, 0.25) is 0 Å². The highest BCUT2D eigenvalue weighted by atomic mass is 79.9. The Hall–Kier alpha value is -2.01. The minimum atomic E-state index is -0.286. The van der Waals surface area contributed by atoms with Gasteiger partial charge in [-0.05, 0) is 45.8 Å². The van der Waals surface area contributed by atoms with Gasteiger partial charge in [-0.25, -0.2) is 4.39 Å². The SMILES string of the molecule is O=c1nc2ccc(Br)cn2cc1Cc1ccc(F)cc1. The lowest BCUT2D eigenvalue weighted by atomic mass is 10.1. The van der Waals surface area contributed by atoms with Gasteiger partial charge >= 0.3 is 0 Å². The maximum Gasteiger partial charge on any atom is 0.276 e. The van der Waals surface area contributed by atoms with Crippen LogP contribution in [0.4, 0.5) is 4.39 Å².